The zero-order chi connectivity index (χ0) is 18.7. The number of hydrogen-bond donors (Lipinski definition) is 2. The number of carbonyl (C=O) groups excluding carboxylic acids is 1. The minimum Gasteiger partial charge on any atom is -0.496 e. The normalized spacial score (nSPS) is 13.9. The van der Waals surface area contributed by atoms with Crippen LogP contribution in [0.25, 0.3) is 0 Å². The number of rotatable bonds is 6. The first-order valence-corrected chi connectivity index (χ1v) is 8.56. The highest BCUT2D eigenvalue weighted by Gasteiger charge is 2.21. The van der Waals surface area contributed by atoms with Crippen LogP contribution in [-0.4, -0.2) is 45.4 Å². The Morgan fingerprint density at radius 2 is 1.92 bits per heavy atom. The molecule has 0 spiro atoms. The number of benzene rings is 2. The number of nitrogens with one attached hydrogen (secondary N) is 1. The monoisotopic (exact) mass is 356 g/mol. The highest BCUT2D eigenvalue weighted by molar-refractivity contribution is 5.99. The van der Waals surface area contributed by atoms with Gasteiger partial charge in [-0.1, -0.05) is 18.2 Å². The van der Waals surface area contributed by atoms with E-state index >= 15 is 0 Å². The van der Waals surface area contributed by atoms with Gasteiger partial charge in [-0.25, -0.2) is 0 Å². The van der Waals surface area contributed by atoms with E-state index in [2.05, 4.69) is 17.3 Å². The van der Waals surface area contributed by atoms with E-state index in [9.17, 15) is 9.90 Å². The summed E-state index contributed by atoms with van der Waals surface area (Å²) in [5, 5.41) is 13.2. The van der Waals surface area contributed by atoms with Crippen LogP contribution in [0.2, 0.25) is 0 Å². The van der Waals surface area contributed by atoms with Gasteiger partial charge in [0.15, 0.2) is 0 Å². The van der Waals surface area contributed by atoms with Crippen molar-refractivity contribution < 1.29 is 19.4 Å². The highest BCUT2D eigenvalue weighted by Crippen LogP contribution is 2.30. The Morgan fingerprint density at radius 3 is 2.58 bits per heavy atom. The molecule has 0 saturated carbocycles. The number of amides is 1. The summed E-state index contributed by atoms with van der Waals surface area (Å²) < 4.78 is 10.5. The molecule has 1 heterocycles. The van der Waals surface area contributed by atoms with Crippen molar-refractivity contribution in [2.75, 3.05) is 39.3 Å². The minimum absolute atomic E-state index is 0.106. The van der Waals surface area contributed by atoms with Crippen molar-refractivity contribution in [1.82, 2.24) is 5.32 Å². The van der Waals surface area contributed by atoms with Crippen LogP contribution in [-0.2, 0) is 6.42 Å². The molecule has 0 bridgehead atoms. The van der Waals surface area contributed by atoms with Crippen molar-refractivity contribution in [1.29, 1.82) is 0 Å². The van der Waals surface area contributed by atoms with Crippen LogP contribution in [0.5, 0.6) is 11.5 Å². The smallest absolute Gasteiger partial charge is 0.258 e. The topological polar surface area (TPSA) is 71.0 Å². The van der Waals surface area contributed by atoms with Gasteiger partial charge in [0, 0.05) is 25.8 Å². The molecule has 1 aliphatic rings. The Balaban J connectivity index is 1.70. The van der Waals surface area contributed by atoms with Gasteiger partial charge < -0.3 is 24.8 Å². The second-order valence-electron chi connectivity index (χ2n) is 6.32. The van der Waals surface area contributed by atoms with Gasteiger partial charge in [0.2, 0.25) is 0 Å². The van der Waals surface area contributed by atoms with Crippen molar-refractivity contribution in [3.05, 3.63) is 53.1 Å². The molecule has 0 radical (unpaired) electrons. The summed E-state index contributed by atoms with van der Waals surface area (Å²) in [7, 11) is 5.06. The molecule has 1 atom stereocenters. The molecule has 2 aromatic carbocycles. The molecular formula is C20H24N2O4. The van der Waals surface area contributed by atoms with Gasteiger partial charge in [-0.15, -0.1) is 0 Å². The van der Waals surface area contributed by atoms with Crippen LogP contribution in [0.15, 0.2) is 36.4 Å². The summed E-state index contributed by atoms with van der Waals surface area (Å²) in [6, 6.07) is 11.1. The largest absolute Gasteiger partial charge is 0.496 e. The molecule has 1 aliphatic heterocycles. The lowest BCUT2D eigenvalue weighted by Crippen LogP contribution is -2.29. The number of methoxy groups -OCH3 is 2. The fourth-order valence-electron chi connectivity index (χ4n) is 3.26. The lowest BCUT2D eigenvalue weighted by Gasteiger charge is -2.17. The fourth-order valence-corrected chi connectivity index (χ4v) is 3.26. The molecule has 2 N–H and O–H groups in total. The molecule has 0 aromatic heterocycles. The van der Waals surface area contributed by atoms with Gasteiger partial charge in [-0.05, 0) is 35.7 Å². The van der Waals surface area contributed by atoms with Gasteiger partial charge in [-0.3, -0.25) is 4.79 Å². The number of aliphatic hydroxyl groups is 1. The maximum Gasteiger partial charge on any atom is 0.258 e. The third-order valence-corrected chi connectivity index (χ3v) is 4.73. The van der Waals surface area contributed by atoms with Crippen LogP contribution in [0.3, 0.4) is 0 Å². The molecule has 6 heteroatoms. The Kier molecular flexibility index (Phi) is 5.32. The zero-order valence-electron chi connectivity index (χ0n) is 15.3. The van der Waals surface area contributed by atoms with E-state index < -0.39 is 6.10 Å². The summed E-state index contributed by atoms with van der Waals surface area (Å²) in [6.07, 6.45) is 0.188. The highest BCUT2D eigenvalue weighted by atomic mass is 16.5. The summed E-state index contributed by atoms with van der Waals surface area (Å²) in [6.45, 7) is 1.09. The first-order valence-electron chi connectivity index (χ1n) is 8.56. The number of fused-ring (bicyclic) bond motifs is 1. The molecule has 138 valence electrons. The third kappa shape index (κ3) is 3.46. The SMILES string of the molecule is COc1cccc(OC)c1C(=O)NCC(O)c1ccc2c(c1)CCN2C. The van der Waals surface area contributed by atoms with Crippen molar-refractivity contribution >= 4 is 11.6 Å². The van der Waals surface area contributed by atoms with Gasteiger partial charge >= 0.3 is 0 Å². The second-order valence-corrected chi connectivity index (χ2v) is 6.32. The third-order valence-electron chi connectivity index (χ3n) is 4.73. The lowest BCUT2D eigenvalue weighted by molar-refractivity contribution is 0.0910. The molecule has 6 nitrogen and oxygen atoms in total. The average molecular weight is 356 g/mol. The first-order chi connectivity index (χ1) is 12.5. The molecule has 1 amide bonds. The fraction of sp³-hybridized carbons (Fsp3) is 0.350. The molecule has 2 aromatic rings. The summed E-state index contributed by atoms with van der Waals surface area (Å²) >= 11 is 0. The maximum atomic E-state index is 12.6. The Labute approximate surface area is 153 Å². The average Bonchev–Trinajstić information content (AvgIpc) is 3.05. The predicted molar refractivity (Wildman–Crippen MR) is 100 cm³/mol. The van der Waals surface area contributed by atoms with Crippen LogP contribution >= 0.6 is 0 Å². The quantitative estimate of drug-likeness (QED) is 0.830. The van der Waals surface area contributed by atoms with E-state index in [0.717, 1.165) is 18.5 Å². The predicted octanol–water partition coefficient (Wildman–Crippen LogP) is 2.16. The van der Waals surface area contributed by atoms with Gasteiger partial charge in [0.25, 0.3) is 5.91 Å². The van der Waals surface area contributed by atoms with E-state index in [1.807, 2.05) is 18.2 Å². The van der Waals surface area contributed by atoms with Crippen LogP contribution in [0.1, 0.15) is 27.6 Å². The van der Waals surface area contributed by atoms with Gasteiger partial charge in [0.1, 0.15) is 17.1 Å². The number of hydrogen-bond acceptors (Lipinski definition) is 5. The van der Waals surface area contributed by atoms with E-state index in [1.54, 1.807) is 18.2 Å². The van der Waals surface area contributed by atoms with E-state index in [0.29, 0.717) is 17.1 Å². The van der Waals surface area contributed by atoms with Crippen LogP contribution in [0.4, 0.5) is 5.69 Å². The molecule has 1 unspecified atom stereocenters. The molecular weight excluding hydrogens is 332 g/mol. The van der Waals surface area contributed by atoms with E-state index in [1.165, 1.54) is 25.5 Å². The van der Waals surface area contributed by atoms with E-state index in [4.69, 9.17) is 9.47 Å². The first kappa shape index (κ1) is 18.1. The van der Waals surface area contributed by atoms with Crippen molar-refractivity contribution in [3.8, 4) is 11.5 Å². The van der Waals surface area contributed by atoms with Crippen molar-refractivity contribution in [3.63, 3.8) is 0 Å². The molecule has 3 rings (SSSR count). The van der Waals surface area contributed by atoms with Crippen LogP contribution < -0.4 is 19.7 Å². The number of anilines is 1. The number of nitrogens with zero attached hydrogens (tertiary/aromatic N) is 1. The molecule has 26 heavy (non-hydrogen) atoms. The minimum atomic E-state index is -0.782. The standard InChI is InChI=1S/C20H24N2O4/c1-22-10-9-13-11-14(7-8-15(13)22)16(23)12-21-20(24)19-17(25-2)5-4-6-18(19)26-3/h4-8,11,16,23H,9-10,12H2,1-3H3,(H,21,24). The number of carbonyl (C=O) groups is 1. The van der Waals surface area contributed by atoms with Crippen LogP contribution in [0, 0.1) is 0 Å². The Bertz CT molecular complexity index is 784. The summed E-state index contributed by atoms with van der Waals surface area (Å²) in [5.41, 5.74) is 3.54. The van der Waals surface area contributed by atoms with Crippen molar-refractivity contribution in [2.24, 2.45) is 0 Å². The van der Waals surface area contributed by atoms with E-state index in [-0.39, 0.29) is 12.5 Å². The zero-order valence-corrected chi connectivity index (χ0v) is 15.3. The Morgan fingerprint density at radius 1 is 1.23 bits per heavy atom. The molecule has 0 aliphatic carbocycles. The van der Waals surface area contributed by atoms with Gasteiger partial charge in [-0.2, -0.15) is 0 Å². The van der Waals surface area contributed by atoms with Gasteiger partial charge in [0.05, 0.1) is 20.3 Å². The molecule has 0 saturated heterocycles. The summed E-state index contributed by atoms with van der Waals surface area (Å²) in [5.74, 6) is 0.507. The summed E-state index contributed by atoms with van der Waals surface area (Å²) in [4.78, 5) is 14.8. The number of aliphatic hydroxyl groups excluding tert-OH is 1. The maximum absolute atomic E-state index is 12.6. The Hall–Kier alpha value is -2.73. The lowest BCUT2D eigenvalue weighted by atomic mass is 10.0. The number of ether oxygens (including phenoxy) is 2. The van der Waals surface area contributed by atoms with Crippen molar-refractivity contribution in [2.45, 2.75) is 12.5 Å². The molecule has 0 fully saturated rings. The second kappa shape index (κ2) is 7.66. The number of likely N-dealkylation sites (N-methyl/N-ethyl adjacent to an activating group) is 1.